The molecule has 2 amide bonds. The van der Waals surface area contributed by atoms with Gasteiger partial charge >= 0.3 is 6.18 Å². The summed E-state index contributed by atoms with van der Waals surface area (Å²) in [5.41, 5.74) is 0.680. The Bertz CT molecular complexity index is 861. The van der Waals surface area contributed by atoms with Crippen molar-refractivity contribution in [3.05, 3.63) is 58.1 Å². The first-order valence-electron chi connectivity index (χ1n) is 8.01. The number of carbonyl (C=O) groups is 2. The monoisotopic (exact) mass is 398 g/mol. The van der Waals surface area contributed by atoms with E-state index in [1.807, 2.05) is 6.07 Å². The number of aryl methyl sites for hydroxylation is 2. The number of hydrogen-bond acceptors (Lipinski definition) is 2. The van der Waals surface area contributed by atoms with Gasteiger partial charge in [0.2, 0.25) is 11.8 Å². The SMILES string of the molecule is CC(=O)N(CC(=O)Nc1c(C)cccc1C)c1ccc(Cl)cc1C(F)(F)F. The van der Waals surface area contributed by atoms with Gasteiger partial charge in [0.15, 0.2) is 0 Å². The molecule has 0 radical (unpaired) electrons. The minimum Gasteiger partial charge on any atom is -0.324 e. The third-order valence-electron chi connectivity index (χ3n) is 3.98. The molecule has 27 heavy (non-hydrogen) atoms. The number of hydrogen-bond donors (Lipinski definition) is 1. The molecule has 0 atom stereocenters. The molecule has 8 heteroatoms. The van der Waals surface area contributed by atoms with Crippen LogP contribution in [0, 0.1) is 13.8 Å². The summed E-state index contributed by atoms with van der Waals surface area (Å²) in [6, 6.07) is 8.48. The van der Waals surface area contributed by atoms with E-state index in [4.69, 9.17) is 11.6 Å². The van der Waals surface area contributed by atoms with Crippen LogP contribution in [0.5, 0.6) is 0 Å². The third-order valence-corrected chi connectivity index (χ3v) is 4.22. The quantitative estimate of drug-likeness (QED) is 0.790. The lowest BCUT2D eigenvalue weighted by molar-refractivity contribution is -0.137. The fourth-order valence-electron chi connectivity index (χ4n) is 2.67. The molecule has 0 aromatic heterocycles. The molecule has 0 aliphatic heterocycles. The predicted molar refractivity (Wildman–Crippen MR) is 99.0 cm³/mol. The van der Waals surface area contributed by atoms with Gasteiger partial charge in [0, 0.05) is 17.6 Å². The lowest BCUT2D eigenvalue weighted by Crippen LogP contribution is -2.38. The average Bonchev–Trinajstić information content (AvgIpc) is 2.55. The van der Waals surface area contributed by atoms with Crippen molar-refractivity contribution in [1.82, 2.24) is 0 Å². The van der Waals surface area contributed by atoms with E-state index < -0.39 is 35.8 Å². The van der Waals surface area contributed by atoms with Crippen molar-refractivity contribution in [2.45, 2.75) is 26.9 Å². The number of nitrogens with one attached hydrogen (secondary N) is 1. The van der Waals surface area contributed by atoms with Gasteiger partial charge in [-0.1, -0.05) is 29.8 Å². The second-order valence-corrected chi connectivity index (χ2v) is 6.52. The first-order valence-corrected chi connectivity index (χ1v) is 8.39. The Kier molecular flexibility index (Phi) is 6.15. The summed E-state index contributed by atoms with van der Waals surface area (Å²) in [6.07, 6.45) is -4.73. The summed E-state index contributed by atoms with van der Waals surface area (Å²) in [7, 11) is 0. The second-order valence-electron chi connectivity index (χ2n) is 6.08. The molecule has 0 saturated carbocycles. The third kappa shape index (κ3) is 5.01. The van der Waals surface area contributed by atoms with Gasteiger partial charge in [-0.05, 0) is 43.2 Å². The summed E-state index contributed by atoms with van der Waals surface area (Å²) >= 11 is 5.67. The molecule has 4 nitrogen and oxygen atoms in total. The van der Waals surface area contributed by atoms with Crippen LogP contribution in [0.2, 0.25) is 5.02 Å². The van der Waals surface area contributed by atoms with Crippen LogP contribution in [0.25, 0.3) is 0 Å². The Balaban J connectivity index is 2.35. The highest BCUT2D eigenvalue weighted by Gasteiger charge is 2.36. The zero-order valence-corrected chi connectivity index (χ0v) is 15.7. The van der Waals surface area contributed by atoms with E-state index in [9.17, 15) is 22.8 Å². The molecule has 1 N–H and O–H groups in total. The first-order chi connectivity index (χ1) is 12.5. The number of alkyl halides is 3. The average molecular weight is 399 g/mol. The fourth-order valence-corrected chi connectivity index (χ4v) is 2.84. The van der Waals surface area contributed by atoms with Crippen molar-refractivity contribution in [3.8, 4) is 0 Å². The Hall–Kier alpha value is -2.54. The standard InChI is InChI=1S/C19H18ClF3N2O2/c1-11-5-4-6-12(2)18(11)24-17(27)10-25(13(3)26)16-8-7-14(20)9-15(16)19(21,22)23/h4-9H,10H2,1-3H3,(H,24,27). The molecule has 0 aliphatic carbocycles. The number of benzene rings is 2. The van der Waals surface area contributed by atoms with Crippen molar-refractivity contribution in [2.24, 2.45) is 0 Å². The number of amides is 2. The number of anilines is 2. The minimum atomic E-state index is -4.73. The number of halogens is 4. The van der Waals surface area contributed by atoms with E-state index in [-0.39, 0.29) is 5.02 Å². The van der Waals surface area contributed by atoms with Crippen LogP contribution in [0.4, 0.5) is 24.5 Å². The van der Waals surface area contributed by atoms with Crippen LogP contribution in [-0.2, 0) is 15.8 Å². The normalized spacial score (nSPS) is 11.2. The van der Waals surface area contributed by atoms with Crippen molar-refractivity contribution in [3.63, 3.8) is 0 Å². The molecular weight excluding hydrogens is 381 g/mol. The van der Waals surface area contributed by atoms with E-state index in [0.717, 1.165) is 35.1 Å². The molecule has 0 unspecified atom stereocenters. The van der Waals surface area contributed by atoms with Gasteiger partial charge in [-0.2, -0.15) is 13.2 Å². The number of rotatable bonds is 4. The van der Waals surface area contributed by atoms with Crippen LogP contribution >= 0.6 is 11.6 Å². The summed E-state index contributed by atoms with van der Waals surface area (Å²) in [5.74, 6) is -1.30. The molecule has 0 bridgehead atoms. The van der Waals surface area contributed by atoms with Gasteiger partial charge in [-0.3, -0.25) is 9.59 Å². The number of para-hydroxylation sites is 1. The van der Waals surface area contributed by atoms with E-state index in [0.29, 0.717) is 5.69 Å². The first kappa shape index (κ1) is 20.8. The van der Waals surface area contributed by atoms with E-state index in [1.165, 1.54) is 6.07 Å². The molecule has 2 aromatic rings. The molecular formula is C19H18ClF3N2O2. The maximum Gasteiger partial charge on any atom is 0.418 e. The highest BCUT2D eigenvalue weighted by Crippen LogP contribution is 2.38. The van der Waals surface area contributed by atoms with Gasteiger partial charge in [0.25, 0.3) is 0 Å². The summed E-state index contributed by atoms with van der Waals surface area (Å²) in [4.78, 5) is 25.2. The van der Waals surface area contributed by atoms with Crippen molar-refractivity contribution >= 4 is 34.8 Å². The summed E-state index contributed by atoms with van der Waals surface area (Å²) in [5, 5.41) is 2.55. The van der Waals surface area contributed by atoms with Gasteiger partial charge in [-0.25, -0.2) is 0 Å². The Morgan fingerprint density at radius 3 is 2.22 bits per heavy atom. The zero-order valence-electron chi connectivity index (χ0n) is 14.9. The zero-order chi connectivity index (χ0) is 20.4. The maximum absolute atomic E-state index is 13.3. The largest absolute Gasteiger partial charge is 0.418 e. The Labute approximate surface area is 159 Å². The van der Waals surface area contributed by atoms with Gasteiger partial charge in [0.1, 0.15) is 6.54 Å². The molecule has 0 aliphatic rings. The summed E-state index contributed by atoms with van der Waals surface area (Å²) < 4.78 is 40.0. The molecule has 0 saturated heterocycles. The fraction of sp³-hybridized carbons (Fsp3) is 0.263. The molecule has 144 valence electrons. The van der Waals surface area contributed by atoms with E-state index >= 15 is 0 Å². The smallest absolute Gasteiger partial charge is 0.324 e. The number of nitrogens with zero attached hydrogens (tertiary/aromatic N) is 1. The molecule has 2 rings (SSSR count). The summed E-state index contributed by atoms with van der Waals surface area (Å²) in [6.45, 7) is 4.13. The van der Waals surface area contributed by atoms with Gasteiger partial charge < -0.3 is 10.2 Å². The molecule has 0 fully saturated rings. The predicted octanol–water partition coefficient (Wildman–Crippen LogP) is 4.97. The van der Waals surface area contributed by atoms with Gasteiger partial charge in [-0.15, -0.1) is 0 Å². The van der Waals surface area contributed by atoms with Crippen molar-refractivity contribution in [2.75, 3.05) is 16.8 Å². The van der Waals surface area contributed by atoms with Crippen LogP contribution in [0.15, 0.2) is 36.4 Å². The highest BCUT2D eigenvalue weighted by molar-refractivity contribution is 6.30. The molecule has 2 aromatic carbocycles. The van der Waals surface area contributed by atoms with Crippen LogP contribution in [0.3, 0.4) is 0 Å². The van der Waals surface area contributed by atoms with Gasteiger partial charge in [0.05, 0.1) is 11.3 Å². The van der Waals surface area contributed by atoms with Crippen LogP contribution in [0.1, 0.15) is 23.6 Å². The van der Waals surface area contributed by atoms with Crippen LogP contribution < -0.4 is 10.2 Å². The topological polar surface area (TPSA) is 49.4 Å². The number of carbonyl (C=O) groups excluding carboxylic acids is 2. The minimum absolute atomic E-state index is 0.116. The van der Waals surface area contributed by atoms with Crippen molar-refractivity contribution in [1.29, 1.82) is 0 Å². The molecule has 0 heterocycles. The van der Waals surface area contributed by atoms with Crippen LogP contribution in [-0.4, -0.2) is 18.4 Å². The Morgan fingerprint density at radius 2 is 1.70 bits per heavy atom. The lowest BCUT2D eigenvalue weighted by atomic mass is 10.1. The molecule has 0 spiro atoms. The van der Waals surface area contributed by atoms with E-state index in [2.05, 4.69) is 5.32 Å². The second kappa shape index (κ2) is 8.00. The lowest BCUT2D eigenvalue weighted by Gasteiger charge is -2.25. The van der Waals surface area contributed by atoms with E-state index in [1.54, 1.807) is 26.0 Å². The van der Waals surface area contributed by atoms with Crippen molar-refractivity contribution < 1.29 is 22.8 Å². The highest BCUT2D eigenvalue weighted by atomic mass is 35.5. The maximum atomic E-state index is 13.3. The Morgan fingerprint density at radius 1 is 1.11 bits per heavy atom.